The molecule has 2 aromatic rings. The lowest BCUT2D eigenvalue weighted by atomic mass is 9.77. The van der Waals surface area contributed by atoms with E-state index >= 15 is 0 Å². The largest absolute Gasteiger partial charge is 0.387 e. The summed E-state index contributed by atoms with van der Waals surface area (Å²) in [5, 5.41) is 10.5. The highest BCUT2D eigenvalue weighted by Crippen LogP contribution is 2.47. The van der Waals surface area contributed by atoms with Crippen LogP contribution in [0.3, 0.4) is 0 Å². The Morgan fingerprint density at radius 3 is 2.42 bits per heavy atom. The lowest BCUT2D eigenvalue weighted by molar-refractivity contribution is 0.0674. The zero-order chi connectivity index (χ0) is 13.6. The van der Waals surface area contributed by atoms with Crippen molar-refractivity contribution in [1.82, 2.24) is 0 Å². The maximum atomic E-state index is 14.0. The average Bonchev–Trinajstić information content (AvgIpc) is 2.63. The molecule has 0 heterocycles. The Morgan fingerprint density at radius 1 is 1.11 bits per heavy atom. The van der Waals surface area contributed by atoms with E-state index in [1.54, 1.807) is 49.4 Å². The topological polar surface area (TPSA) is 37.3 Å². The number of carbonyl (C=O) groups excluding carboxylic acids is 1. The Kier molecular flexibility index (Phi) is 2.54. The Bertz CT molecular complexity index is 665. The van der Waals surface area contributed by atoms with Gasteiger partial charge in [-0.1, -0.05) is 42.5 Å². The van der Waals surface area contributed by atoms with Crippen LogP contribution < -0.4 is 0 Å². The molecule has 0 radical (unpaired) electrons. The molecule has 19 heavy (non-hydrogen) atoms. The minimum absolute atomic E-state index is 0.235. The number of ketones is 1. The predicted molar refractivity (Wildman–Crippen MR) is 69.5 cm³/mol. The van der Waals surface area contributed by atoms with Crippen LogP contribution in [0.1, 0.15) is 34.5 Å². The number of Topliss-reactive ketones (excluding diaryl/α,β-unsaturated/α-hetero) is 1. The van der Waals surface area contributed by atoms with Crippen molar-refractivity contribution in [3.63, 3.8) is 0 Å². The molecule has 0 saturated carbocycles. The summed E-state index contributed by atoms with van der Waals surface area (Å²) in [6, 6.07) is 13.0. The molecule has 2 aromatic carbocycles. The summed E-state index contributed by atoms with van der Waals surface area (Å²) in [6.07, 6.45) is -1.02. The molecule has 0 bridgehead atoms. The van der Waals surface area contributed by atoms with Gasteiger partial charge >= 0.3 is 0 Å². The number of rotatable bonds is 1. The summed E-state index contributed by atoms with van der Waals surface area (Å²) in [5.74, 6) is -0.703. The van der Waals surface area contributed by atoms with E-state index in [-0.39, 0.29) is 11.3 Å². The average molecular weight is 256 g/mol. The summed E-state index contributed by atoms with van der Waals surface area (Å²) in [4.78, 5) is 12.6. The lowest BCUT2D eigenvalue weighted by Gasteiger charge is -2.27. The summed E-state index contributed by atoms with van der Waals surface area (Å²) in [7, 11) is 0. The molecule has 0 fully saturated rings. The number of fused-ring (bicyclic) bond motifs is 1. The molecule has 2 nitrogen and oxygen atoms in total. The van der Waals surface area contributed by atoms with Crippen molar-refractivity contribution in [2.45, 2.75) is 18.4 Å². The molecule has 96 valence electrons. The molecule has 0 aliphatic heterocycles. The highest BCUT2D eigenvalue weighted by molar-refractivity contribution is 6.08. The molecular formula is C16H13FO2. The number of hydrogen-bond donors (Lipinski definition) is 1. The molecule has 2 atom stereocenters. The SMILES string of the molecule is CC1(c2ccccc2F)C(=O)c2ccccc2C1O. The smallest absolute Gasteiger partial charge is 0.176 e. The third kappa shape index (κ3) is 1.48. The molecule has 2 unspecified atom stereocenters. The van der Waals surface area contributed by atoms with E-state index in [0.29, 0.717) is 11.1 Å². The third-order valence-electron chi connectivity index (χ3n) is 3.95. The third-order valence-corrected chi connectivity index (χ3v) is 3.95. The van der Waals surface area contributed by atoms with E-state index in [4.69, 9.17) is 0 Å². The molecule has 1 aliphatic carbocycles. The summed E-state index contributed by atoms with van der Waals surface area (Å²) in [6.45, 7) is 1.60. The Hall–Kier alpha value is -2.00. The number of aliphatic hydroxyl groups is 1. The monoisotopic (exact) mass is 256 g/mol. The summed E-state index contributed by atoms with van der Waals surface area (Å²) >= 11 is 0. The van der Waals surface area contributed by atoms with Crippen molar-refractivity contribution in [3.8, 4) is 0 Å². The van der Waals surface area contributed by atoms with Gasteiger partial charge in [0.05, 0.1) is 11.5 Å². The Morgan fingerprint density at radius 2 is 1.74 bits per heavy atom. The van der Waals surface area contributed by atoms with Crippen LogP contribution in [0.2, 0.25) is 0 Å². The first-order valence-electron chi connectivity index (χ1n) is 6.13. The van der Waals surface area contributed by atoms with E-state index in [1.807, 2.05) is 0 Å². The molecule has 0 aromatic heterocycles. The van der Waals surface area contributed by atoms with Crippen molar-refractivity contribution in [2.24, 2.45) is 0 Å². The molecule has 0 spiro atoms. The normalized spacial score (nSPS) is 25.4. The molecule has 0 saturated heterocycles. The van der Waals surface area contributed by atoms with Crippen LogP contribution in [0.15, 0.2) is 48.5 Å². The maximum absolute atomic E-state index is 14.0. The minimum Gasteiger partial charge on any atom is -0.387 e. The van der Waals surface area contributed by atoms with Crippen molar-refractivity contribution in [3.05, 3.63) is 71.0 Å². The van der Waals surface area contributed by atoms with Crippen molar-refractivity contribution < 1.29 is 14.3 Å². The highest BCUT2D eigenvalue weighted by Gasteiger charge is 2.51. The number of halogens is 1. The van der Waals surface area contributed by atoms with E-state index in [9.17, 15) is 14.3 Å². The Balaban J connectivity index is 2.23. The molecule has 3 heteroatoms. The van der Waals surface area contributed by atoms with E-state index < -0.39 is 17.3 Å². The number of benzene rings is 2. The van der Waals surface area contributed by atoms with Crippen LogP contribution in [0.4, 0.5) is 4.39 Å². The van der Waals surface area contributed by atoms with Gasteiger partial charge in [0.2, 0.25) is 0 Å². The van der Waals surface area contributed by atoms with Gasteiger partial charge in [-0.25, -0.2) is 4.39 Å². The lowest BCUT2D eigenvalue weighted by Crippen LogP contribution is -2.34. The zero-order valence-corrected chi connectivity index (χ0v) is 10.4. The van der Waals surface area contributed by atoms with Crippen molar-refractivity contribution in [2.75, 3.05) is 0 Å². The molecule has 3 rings (SSSR count). The fourth-order valence-corrected chi connectivity index (χ4v) is 2.81. The van der Waals surface area contributed by atoms with Gasteiger partial charge in [-0.3, -0.25) is 4.79 Å². The summed E-state index contributed by atoms with van der Waals surface area (Å²) in [5.41, 5.74) is 0.0254. The zero-order valence-electron chi connectivity index (χ0n) is 10.4. The first kappa shape index (κ1) is 12.1. The second-order valence-electron chi connectivity index (χ2n) is 5.00. The van der Waals surface area contributed by atoms with Crippen LogP contribution in [-0.2, 0) is 5.41 Å². The fourth-order valence-electron chi connectivity index (χ4n) is 2.81. The van der Waals surface area contributed by atoms with Crippen LogP contribution in [0.5, 0.6) is 0 Å². The van der Waals surface area contributed by atoms with Crippen LogP contribution in [0.25, 0.3) is 0 Å². The maximum Gasteiger partial charge on any atom is 0.176 e. The molecular weight excluding hydrogens is 243 g/mol. The van der Waals surface area contributed by atoms with Gasteiger partial charge in [-0.15, -0.1) is 0 Å². The highest BCUT2D eigenvalue weighted by atomic mass is 19.1. The van der Waals surface area contributed by atoms with E-state index in [2.05, 4.69) is 0 Å². The van der Waals surface area contributed by atoms with Gasteiger partial charge in [0.1, 0.15) is 5.82 Å². The van der Waals surface area contributed by atoms with Crippen LogP contribution in [0, 0.1) is 5.82 Å². The van der Waals surface area contributed by atoms with E-state index in [0.717, 1.165) is 0 Å². The first-order chi connectivity index (χ1) is 9.06. The van der Waals surface area contributed by atoms with E-state index in [1.165, 1.54) is 6.07 Å². The standard InChI is InChI=1S/C16H13FO2/c1-16(12-8-4-5-9-13(12)17)14(18)10-6-2-3-7-11(10)15(16)19/h2-9,14,18H,1H3. The second-order valence-corrected chi connectivity index (χ2v) is 5.00. The Labute approximate surface area is 110 Å². The molecule has 0 amide bonds. The van der Waals surface area contributed by atoms with Crippen LogP contribution >= 0.6 is 0 Å². The van der Waals surface area contributed by atoms with Gasteiger partial charge in [0.15, 0.2) is 5.78 Å². The molecule has 1 aliphatic rings. The quantitative estimate of drug-likeness (QED) is 0.851. The van der Waals surface area contributed by atoms with Gasteiger partial charge in [-0.05, 0) is 18.6 Å². The summed E-state index contributed by atoms with van der Waals surface area (Å²) < 4.78 is 14.0. The predicted octanol–water partition coefficient (Wildman–Crippen LogP) is 3.01. The number of hydrogen-bond acceptors (Lipinski definition) is 2. The van der Waals surface area contributed by atoms with Gasteiger partial charge in [0, 0.05) is 11.1 Å². The van der Waals surface area contributed by atoms with Crippen molar-refractivity contribution >= 4 is 5.78 Å². The minimum atomic E-state index is -1.25. The van der Waals surface area contributed by atoms with Gasteiger partial charge in [0.25, 0.3) is 0 Å². The van der Waals surface area contributed by atoms with Crippen molar-refractivity contribution in [1.29, 1.82) is 0 Å². The number of aliphatic hydroxyl groups excluding tert-OH is 1. The number of carbonyl (C=O) groups is 1. The fraction of sp³-hybridized carbons (Fsp3) is 0.188. The van der Waals surface area contributed by atoms with Crippen LogP contribution in [-0.4, -0.2) is 10.9 Å². The van der Waals surface area contributed by atoms with Gasteiger partial charge < -0.3 is 5.11 Å². The second kappa shape index (κ2) is 4.00. The van der Waals surface area contributed by atoms with Gasteiger partial charge in [-0.2, -0.15) is 0 Å². The molecule has 1 N–H and O–H groups in total. The first-order valence-corrected chi connectivity index (χ1v) is 6.13.